The summed E-state index contributed by atoms with van der Waals surface area (Å²) in [5, 5.41) is 0. The molecule has 90 valence electrons. The molecule has 0 bridgehead atoms. The minimum absolute atomic E-state index is 0.847. The van der Waals surface area contributed by atoms with E-state index in [2.05, 4.69) is 32.3 Å². The summed E-state index contributed by atoms with van der Waals surface area (Å²) in [6.07, 6.45) is 14.7. The van der Waals surface area contributed by atoms with Crippen molar-refractivity contribution in [1.82, 2.24) is 9.97 Å². The van der Waals surface area contributed by atoms with Gasteiger partial charge in [0.25, 0.3) is 0 Å². The van der Waals surface area contributed by atoms with E-state index in [0.29, 0.717) is 0 Å². The first-order valence-electron chi connectivity index (χ1n) is 5.77. The largest absolute Gasteiger partial charge is 0.252 e. The minimum Gasteiger partial charge on any atom is -0.252 e. The topological polar surface area (TPSA) is 33.5 Å². The van der Waals surface area contributed by atoms with E-state index in [-0.39, 0.29) is 0 Å². The predicted molar refractivity (Wildman–Crippen MR) is 69.0 cm³/mol. The van der Waals surface area contributed by atoms with E-state index in [4.69, 9.17) is 0 Å². The number of hydrogen-bond acceptors (Lipinski definition) is 2. The first-order valence-corrected chi connectivity index (χ1v) is 5.77. The van der Waals surface area contributed by atoms with Crippen molar-refractivity contribution >= 4 is 12.2 Å². The lowest BCUT2D eigenvalue weighted by molar-refractivity contribution is -0.780. The van der Waals surface area contributed by atoms with Crippen molar-refractivity contribution in [3.05, 3.63) is 61.7 Å². The second kappa shape index (κ2) is 5.82. The molecule has 0 saturated carbocycles. The molecule has 4 nitrogen and oxygen atoms in total. The van der Waals surface area contributed by atoms with Crippen molar-refractivity contribution < 1.29 is 9.13 Å². The van der Waals surface area contributed by atoms with Crippen LogP contribution in [0.4, 0.5) is 0 Å². The fraction of sp³-hybridized carbons (Fsp3) is 0.143. The van der Waals surface area contributed by atoms with Gasteiger partial charge in [-0.15, -0.1) is 0 Å². The molecule has 0 aromatic carbocycles. The molecule has 18 heavy (non-hydrogen) atoms. The zero-order chi connectivity index (χ0) is 12.8. The van der Waals surface area contributed by atoms with E-state index in [0.717, 1.165) is 24.5 Å². The molecule has 2 heterocycles. The quantitative estimate of drug-likeness (QED) is 0.732. The van der Waals surface area contributed by atoms with Crippen LogP contribution in [-0.4, -0.2) is 9.97 Å². The Morgan fingerprint density at radius 3 is 1.72 bits per heavy atom. The molecule has 2 aromatic rings. The molecule has 0 N–H and O–H groups in total. The third-order valence-electron chi connectivity index (χ3n) is 2.74. The van der Waals surface area contributed by atoms with Gasteiger partial charge in [0.1, 0.15) is 0 Å². The molecule has 0 fully saturated rings. The molecular weight excluding hydrogens is 224 g/mol. The molecule has 0 spiro atoms. The lowest BCUT2D eigenvalue weighted by atomic mass is 10.4. The van der Waals surface area contributed by atoms with Gasteiger partial charge in [-0.2, -0.15) is 9.13 Å². The first kappa shape index (κ1) is 12.1. The normalized spacial score (nSPS) is 10.0. The van der Waals surface area contributed by atoms with E-state index in [1.165, 1.54) is 0 Å². The molecule has 0 aliphatic rings. The summed E-state index contributed by atoms with van der Waals surface area (Å²) in [6, 6.07) is 0. The van der Waals surface area contributed by atoms with Crippen LogP contribution in [0.5, 0.6) is 0 Å². The predicted octanol–water partition coefficient (Wildman–Crippen LogP) is 1.04. The molecule has 0 saturated heterocycles. The van der Waals surface area contributed by atoms with E-state index >= 15 is 0 Å². The molecule has 0 aliphatic carbocycles. The summed E-state index contributed by atoms with van der Waals surface area (Å²) in [6.45, 7) is 9.27. The molecule has 2 aromatic heterocycles. The first-order chi connectivity index (χ1) is 8.85. The van der Waals surface area contributed by atoms with Crippen LogP contribution in [0.1, 0.15) is 11.4 Å². The van der Waals surface area contributed by atoms with Crippen molar-refractivity contribution in [3.63, 3.8) is 0 Å². The van der Waals surface area contributed by atoms with Crippen LogP contribution >= 0.6 is 0 Å². The van der Waals surface area contributed by atoms with Crippen LogP contribution in [0.3, 0.4) is 0 Å². The number of aryl methyl sites for hydroxylation is 2. The lowest BCUT2D eigenvalue weighted by Crippen LogP contribution is -2.47. The lowest BCUT2D eigenvalue weighted by Gasteiger charge is -2.00. The number of rotatable bonds is 5. The molecule has 0 atom stereocenters. The highest BCUT2D eigenvalue weighted by Crippen LogP contribution is 1.92. The van der Waals surface area contributed by atoms with Crippen LogP contribution in [0.2, 0.25) is 0 Å². The summed E-state index contributed by atoms with van der Waals surface area (Å²) in [4.78, 5) is 8.16. The smallest absolute Gasteiger partial charge is 0.223 e. The Kier molecular flexibility index (Phi) is 3.91. The average Bonchev–Trinajstić information content (AvgIpc) is 2.45. The number of nitrogens with zero attached hydrogens (tertiary/aromatic N) is 4. The molecule has 4 heteroatoms. The Hall–Kier alpha value is -2.36. The van der Waals surface area contributed by atoms with Crippen LogP contribution in [0.25, 0.3) is 12.2 Å². The summed E-state index contributed by atoms with van der Waals surface area (Å²) >= 11 is 0. The van der Waals surface area contributed by atoms with E-state index in [9.17, 15) is 0 Å². The number of aromatic nitrogens is 4. The third-order valence-corrected chi connectivity index (χ3v) is 2.74. The maximum atomic E-state index is 4.08. The van der Waals surface area contributed by atoms with Gasteiger partial charge in [-0.05, 0) is 0 Å². The fourth-order valence-electron chi connectivity index (χ4n) is 1.76. The van der Waals surface area contributed by atoms with Gasteiger partial charge in [-0.25, -0.2) is 0 Å². The van der Waals surface area contributed by atoms with Crippen molar-refractivity contribution in [2.45, 2.75) is 13.1 Å². The van der Waals surface area contributed by atoms with Gasteiger partial charge >= 0.3 is 0 Å². The average molecular weight is 240 g/mol. The molecular formula is C14H16N4+2. The van der Waals surface area contributed by atoms with Crippen LogP contribution in [0.15, 0.2) is 50.3 Å². The highest BCUT2D eigenvalue weighted by molar-refractivity contribution is 5.35. The molecule has 0 amide bonds. The van der Waals surface area contributed by atoms with Gasteiger partial charge in [0, 0.05) is 12.2 Å². The van der Waals surface area contributed by atoms with Crippen LogP contribution < -0.4 is 9.13 Å². The summed E-state index contributed by atoms with van der Waals surface area (Å²) in [5.74, 6) is 0. The van der Waals surface area contributed by atoms with E-state index in [1.807, 2.05) is 12.4 Å². The molecule has 0 aliphatic heterocycles. The van der Waals surface area contributed by atoms with Crippen molar-refractivity contribution in [2.75, 3.05) is 0 Å². The standard InChI is InChI=1S/C14H16N4/c1-3-13-11-15-5-7-17(13)9-10-18-8-6-16-12-14(18)4-2/h3-8,11-12H,1-2,9-10H2/q+2. The Morgan fingerprint density at radius 1 is 0.889 bits per heavy atom. The maximum absolute atomic E-state index is 4.08. The minimum atomic E-state index is 0.847. The van der Waals surface area contributed by atoms with Gasteiger partial charge in [0.2, 0.25) is 24.5 Å². The molecule has 2 rings (SSSR count). The Bertz CT molecular complexity index is 512. The fourth-order valence-corrected chi connectivity index (χ4v) is 1.76. The Labute approximate surface area is 107 Å². The van der Waals surface area contributed by atoms with Gasteiger partial charge in [0.05, 0.1) is 24.8 Å². The van der Waals surface area contributed by atoms with Crippen molar-refractivity contribution in [1.29, 1.82) is 0 Å². The van der Waals surface area contributed by atoms with Gasteiger partial charge < -0.3 is 0 Å². The summed E-state index contributed by atoms with van der Waals surface area (Å²) in [7, 11) is 0. The zero-order valence-electron chi connectivity index (χ0n) is 10.2. The Balaban J connectivity index is 2.16. The van der Waals surface area contributed by atoms with Crippen LogP contribution in [0, 0.1) is 0 Å². The van der Waals surface area contributed by atoms with Gasteiger partial charge in [-0.1, -0.05) is 13.2 Å². The third kappa shape index (κ3) is 2.66. The summed E-state index contributed by atoms with van der Waals surface area (Å²) < 4.78 is 4.22. The highest BCUT2D eigenvalue weighted by atomic mass is 15.0. The van der Waals surface area contributed by atoms with E-state index in [1.54, 1.807) is 36.9 Å². The van der Waals surface area contributed by atoms with Crippen molar-refractivity contribution in [2.24, 2.45) is 0 Å². The maximum Gasteiger partial charge on any atom is 0.223 e. The second-order valence-electron chi connectivity index (χ2n) is 3.80. The molecule has 0 radical (unpaired) electrons. The SMILES string of the molecule is C=Cc1cncc[n+]1CC[n+]1ccncc1C=C. The highest BCUT2D eigenvalue weighted by Gasteiger charge is 2.12. The van der Waals surface area contributed by atoms with Gasteiger partial charge in [0.15, 0.2) is 12.4 Å². The summed E-state index contributed by atoms with van der Waals surface area (Å²) in [5.41, 5.74) is 2.01. The zero-order valence-corrected chi connectivity index (χ0v) is 10.2. The van der Waals surface area contributed by atoms with Gasteiger partial charge in [-0.3, -0.25) is 9.97 Å². The molecule has 0 unspecified atom stereocenters. The Morgan fingerprint density at radius 2 is 1.33 bits per heavy atom. The van der Waals surface area contributed by atoms with Crippen LogP contribution in [-0.2, 0) is 13.1 Å². The second-order valence-corrected chi connectivity index (χ2v) is 3.80. The van der Waals surface area contributed by atoms with Crippen molar-refractivity contribution in [3.8, 4) is 0 Å². The number of hydrogen-bond donors (Lipinski definition) is 0. The monoisotopic (exact) mass is 240 g/mol. The van der Waals surface area contributed by atoms with E-state index < -0.39 is 0 Å².